The Morgan fingerprint density at radius 2 is 2.29 bits per heavy atom. The van der Waals surface area contributed by atoms with Gasteiger partial charge < -0.3 is 14.1 Å². The van der Waals surface area contributed by atoms with Gasteiger partial charge in [0.25, 0.3) is 0 Å². The topological polar surface area (TPSA) is 51.4 Å². The molecule has 0 unspecified atom stereocenters. The van der Waals surface area contributed by atoms with Crippen LogP contribution < -0.4 is 4.90 Å². The maximum Gasteiger partial charge on any atom is 0.318 e. The monoisotopic (exact) mass is 219 g/mol. The molecular weight excluding hydrogens is 206 g/mol. The Bertz CT molecular complexity index is 267. The second-order valence-corrected chi connectivity index (χ2v) is 2.95. The van der Waals surface area contributed by atoms with Crippen molar-refractivity contribution < 1.29 is 9.15 Å². The predicted octanol–water partition coefficient (Wildman–Crippen LogP) is 1.28. The average molecular weight is 220 g/mol. The number of anilines is 1. The van der Waals surface area contributed by atoms with E-state index in [0.717, 1.165) is 13.1 Å². The van der Waals surface area contributed by atoms with Gasteiger partial charge in [0.15, 0.2) is 0 Å². The number of ether oxygens (including phenoxy) is 1. The van der Waals surface area contributed by atoms with Crippen LogP contribution in [-0.2, 0) is 10.6 Å². The van der Waals surface area contributed by atoms with Crippen molar-refractivity contribution in [1.82, 2.24) is 10.2 Å². The zero-order chi connectivity index (χ0) is 10.4. The van der Waals surface area contributed by atoms with Crippen LogP contribution in [0.2, 0.25) is 0 Å². The van der Waals surface area contributed by atoms with Crippen LogP contribution in [0.3, 0.4) is 0 Å². The minimum absolute atomic E-state index is 0.245. The molecule has 0 aromatic carbocycles. The van der Waals surface area contributed by atoms with Crippen LogP contribution in [0.15, 0.2) is 4.42 Å². The van der Waals surface area contributed by atoms with E-state index in [0.29, 0.717) is 18.5 Å². The summed E-state index contributed by atoms with van der Waals surface area (Å²) in [5.41, 5.74) is 0. The SMILES string of the molecule is CCN(CCOC)c1nnc(CCl)o1. The molecular formula is C8H14ClN3O2. The molecule has 14 heavy (non-hydrogen) atoms. The molecule has 0 fully saturated rings. The van der Waals surface area contributed by atoms with Gasteiger partial charge in [-0.1, -0.05) is 5.10 Å². The van der Waals surface area contributed by atoms with Crippen molar-refractivity contribution >= 4 is 17.6 Å². The molecule has 1 aromatic rings. The van der Waals surface area contributed by atoms with Crippen LogP contribution in [0.4, 0.5) is 6.01 Å². The molecule has 5 nitrogen and oxygen atoms in total. The van der Waals surface area contributed by atoms with E-state index in [1.54, 1.807) is 7.11 Å². The second kappa shape index (κ2) is 5.82. The van der Waals surface area contributed by atoms with Crippen LogP contribution in [0.25, 0.3) is 0 Å². The van der Waals surface area contributed by atoms with Gasteiger partial charge in [0.1, 0.15) is 5.88 Å². The van der Waals surface area contributed by atoms with Gasteiger partial charge >= 0.3 is 6.01 Å². The summed E-state index contributed by atoms with van der Waals surface area (Å²) in [6.45, 7) is 4.18. The van der Waals surface area contributed by atoms with E-state index in [-0.39, 0.29) is 5.88 Å². The van der Waals surface area contributed by atoms with Crippen molar-refractivity contribution in [1.29, 1.82) is 0 Å². The van der Waals surface area contributed by atoms with Gasteiger partial charge in [-0.2, -0.15) is 0 Å². The Hall–Kier alpha value is -0.810. The van der Waals surface area contributed by atoms with Gasteiger partial charge in [-0.25, -0.2) is 0 Å². The molecule has 0 aliphatic heterocycles. The van der Waals surface area contributed by atoms with Crippen molar-refractivity contribution in [2.75, 3.05) is 31.7 Å². The van der Waals surface area contributed by atoms with Gasteiger partial charge in [0.2, 0.25) is 5.89 Å². The van der Waals surface area contributed by atoms with Crippen molar-refractivity contribution in [2.45, 2.75) is 12.8 Å². The van der Waals surface area contributed by atoms with Crippen LogP contribution in [0.5, 0.6) is 0 Å². The number of rotatable bonds is 6. The standard InChI is InChI=1S/C8H14ClN3O2/c1-3-12(4-5-13-2)8-11-10-7(6-9)14-8/h3-6H2,1-2H3. The van der Waals surface area contributed by atoms with E-state index in [1.807, 2.05) is 11.8 Å². The van der Waals surface area contributed by atoms with Gasteiger partial charge in [-0.05, 0) is 6.92 Å². The first-order chi connectivity index (χ1) is 6.81. The van der Waals surface area contributed by atoms with Gasteiger partial charge in [-0.3, -0.25) is 0 Å². The fourth-order valence-electron chi connectivity index (χ4n) is 1.02. The lowest BCUT2D eigenvalue weighted by molar-refractivity contribution is 0.204. The van der Waals surface area contributed by atoms with Crippen molar-refractivity contribution in [3.8, 4) is 0 Å². The quantitative estimate of drug-likeness (QED) is 0.675. The molecule has 0 aliphatic rings. The highest BCUT2D eigenvalue weighted by atomic mass is 35.5. The molecule has 0 bridgehead atoms. The lowest BCUT2D eigenvalue weighted by Crippen LogP contribution is -2.27. The average Bonchev–Trinajstić information content (AvgIpc) is 2.68. The number of nitrogens with zero attached hydrogens (tertiary/aromatic N) is 3. The number of alkyl halides is 1. The van der Waals surface area contributed by atoms with Gasteiger partial charge in [0.05, 0.1) is 6.61 Å². The molecule has 80 valence electrons. The summed E-state index contributed by atoms with van der Waals surface area (Å²) in [5.74, 6) is 0.687. The largest absolute Gasteiger partial charge is 0.407 e. The summed E-state index contributed by atoms with van der Waals surface area (Å²) in [6, 6.07) is 0.500. The third kappa shape index (κ3) is 2.85. The lowest BCUT2D eigenvalue weighted by Gasteiger charge is -2.16. The van der Waals surface area contributed by atoms with Crippen molar-refractivity contribution in [3.63, 3.8) is 0 Å². The van der Waals surface area contributed by atoms with Crippen molar-refractivity contribution in [2.24, 2.45) is 0 Å². The Kier molecular flexibility index (Phi) is 4.69. The number of aromatic nitrogens is 2. The zero-order valence-electron chi connectivity index (χ0n) is 8.36. The Labute approximate surface area is 88.0 Å². The number of likely N-dealkylation sites (N-methyl/N-ethyl adjacent to an activating group) is 1. The molecule has 1 heterocycles. The molecule has 1 rings (SSSR count). The maximum atomic E-state index is 5.55. The molecule has 1 aromatic heterocycles. The molecule has 0 amide bonds. The fourth-order valence-corrected chi connectivity index (χ4v) is 1.13. The third-order valence-electron chi connectivity index (χ3n) is 1.79. The van der Waals surface area contributed by atoms with E-state index in [1.165, 1.54) is 0 Å². The Morgan fingerprint density at radius 1 is 1.50 bits per heavy atom. The van der Waals surface area contributed by atoms with Crippen LogP contribution in [-0.4, -0.2) is 37.0 Å². The molecule has 6 heteroatoms. The first kappa shape index (κ1) is 11.3. The van der Waals surface area contributed by atoms with Gasteiger partial charge in [-0.15, -0.1) is 16.7 Å². The zero-order valence-corrected chi connectivity index (χ0v) is 9.12. The highest BCUT2D eigenvalue weighted by molar-refractivity contribution is 6.16. The van der Waals surface area contributed by atoms with Crippen LogP contribution in [0.1, 0.15) is 12.8 Å². The number of hydrogen-bond donors (Lipinski definition) is 0. The number of halogens is 1. The van der Waals surface area contributed by atoms with Crippen molar-refractivity contribution in [3.05, 3.63) is 5.89 Å². The van der Waals surface area contributed by atoms with E-state index in [4.69, 9.17) is 20.8 Å². The summed E-state index contributed by atoms with van der Waals surface area (Å²) < 4.78 is 10.3. The van der Waals surface area contributed by atoms with Crippen LogP contribution >= 0.6 is 11.6 Å². The van der Waals surface area contributed by atoms with E-state index >= 15 is 0 Å². The molecule has 0 saturated heterocycles. The van der Waals surface area contributed by atoms with Crippen LogP contribution in [0, 0.1) is 0 Å². The highest BCUT2D eigenvalue weighted by Gasteiger charge is 2.11. The second-order valence-electron chi connectivity index (χ2n) is 2.68. The molecule has 0 N–H and O–H groups in total. The highest BCUT2D eigenvalue weighted by Crippen LogP contribution is 2.12. The van der Waals surface area contributed by atoms with E-state index in [9.17, 15) is 0 Å². The predicted molar refractivity (Wildman–Crippen MR) is 53.6 cm³/mol. The maximum absolute atomic E-state index is 5.55. The first-order valence-corrected chi connectivity index (χ1v) is 4.97. The van der Waals surface area contributed by atoms with E-state index in [2.05, 4.69) is 10.2 Å². The van der Waals surface area contributed by atoms with Gasteiger partial charge in [0, 0.05) is 20.2 Å². The fraction of sp³-hybridized carbons (Fsp3) is 0.750. The lowest BCUT2D eigenvalue weighted by atomic mass is 10.5. The molecule has 0 atom stereocenters. The minimum atomic E-state index is 0.245. The normalized spacial score (nSPS) is 10.5. The third-order valence-corrected chi connectivity index (χ3v) is 2.02. The molecule has 0 spiro atoms. The summed E-state index contributed by atoms with van der Waals surface area (Å²) >= 11 is 5.55. The first-order valence-electron chi connectivity index (χ1n) is 4.44. The molecule has 0 aliphatic carbocycles. The minimum Gasteiger partial charge on any atom is -0.407 e. The Morgan fingerprint density at radius 3 is 2.79 bits per heavy atom. The summed E-state index contributed by atoms with van der Waals surface area (Å²) in [7, 11) is 1.66. The number of hydrogen-bond acceptors (Lipinski definition) is 5. The Balaban J connectivity index is 2.58. The summed E-state index contributed by atoms with van der Waals surface area (Å²) in [4.78, 5) is 1.94. The smallest absolute Gasteiger partial charge is 0.318 e. The summed E-state index contributed by atoms with van der Waals surface area (Å²) in [5, 5.41) is 7.66. The molecule has 0 radical (unpaired) electrons. The van der Waals surface area contributed by atoms with E-state index < -0.39 is 0 Å². The molecule has 0 saturated carbocycles. The number of methoxy groups -OCH3 is 1. The summed E-state index contributed by atoms with van der Waals surface area (Å²) in [6.07, 6.45) is 0.